The van der Waals surface area contributed by atoms with Crippen LogP contribution in [0.25, 0.3) is 0 Å². The number of hydroxylamine groups is 2. The molecule has 2 atom stereocenters. The molecule has 0 heterocycles. The molecule has 1 amide bonds. The average Bonchev–Trinajstić information content (AvgIpc) is 2.44. The predicted octanol–water partition coefficient (Wildman–Crippen LogP) is 0.0820. The summed E-state index contributed by atoms with van der Waals surface area (Å²) in [5, 5.41) is 24.7. The van der Waals surface area contributed by atoms with Gasteiger partial charge in [-0.1, -0.05) is 18.2 Å². The van der Waals surface area contributed by atoms with Gasteiger partial charge in [-0.15, -0.1) is 0 Å². The number of nitrogens with one attached hydrogen (secondary N) is 2. The summed E-state index contributed by atoms with van der Waals surface area (Å²) in [5.41, 5.74) is 0.750. The number of nitrogens with zero attached hydrogens (tertiary/aromatic N) is 1. The van der Waals surface area contributed by atoms with E-state index in [1.807, 2.05) is 18.2 Å². The fourth-order valence-corrected chi connectivity index (χ4v) is 1.85. The highest BCUT2D eigenvalue weighted by atomic mass is 31.2. The number of aliphatic hydroxyl groups excluding tert-OH is 1. The van der Waals surface area contributed by atoms with Crippen LogP contribution in [0, 0.1) is 0 Å². The Labute approximate surface area is 122 Å². The highest BCUT2D eigenvalue weighted by Crippen LogP contribution is 2.39. The maximum Gasteiger partial charge on any atom is 0.261 e. The quantitative estimate of drug-likeness (QED) is 0.199. The summed E-state index contributed by atoms with van der Waals surface area (Å²) in [6.45, 7) is 0.461. The number of para-hydroxylation sites is 1. The molecule has 0 spiro atoms. The number of hydrogen-bond donors (Lipinski definition) is 5. The van der Waals surface area contributed by atoms with E-state index in [9.17, 15) is 19.7 Å². The molecule has 1 aromatic rings. The van der Waals surface area contributed by atoms with Crippen LogP contribution in [0.4, 0.5) is 5.69 Å². The molecule has 1 aromatic carbocycles. The minimum absolute atomic E-state index is 0.0979. The molecule has 2 unspecified atom stereocenters. The summed E-state index contributed by atoms with van der Waals surface area (Å²) in [6.07, 6.45) is 0. The molecule has 0 aliphatic carbocycles. The molecule has 0 saturated carbocycles. The lowest BCUT2D eigenvalue weighted by Gasteiger charge is -2.18. The Hall–Kier alpha value is -1.44. The second-order valence-electron chi connectivity index (χ2n) is 4.55. The van der Waals surface area contributed by atoms with E-state index < -0.39 is 19.1 Å². The molecule has 21 heavy (non-hydrogen) atoms. The van der Waals surface area contributed by atoms with Gasteiger partial charge in [0.2, 0.25) is 7.37 Å². The van der Waals surface area contributed by atoms with E-state index in [0.717, 1.165) is 12.4 Å². The molecule has 0 aliphatic rings. The van der Waals surface area contributed by atoms with Gasteiger partial charge in [-0.05, 0) is 12.1 Å². The van der Waals surface area contributed by atoms with Crippen LogP contribution < -0.4 is 10.6 Å². The van der Waals surface area contributed by atoms with E-state index in [-0.39, 0.29) is 19.8 Å². The number of anilines is 1. The summed E-state index contributed by atoms with van der Waals surface area (Å²) < 4.78 is 11.1. The Morgan fingerprint density at radius 1 is 1.38 bits per heavy atom. The maximum atomic E-state index is 11.6. The van der Waals surface area contributed by atoms with Crippen LogP contribution in [-0.2, 0) is 9.36 Å². The molecule has 0 fully saturated rings. The van der Waals surface area contributed by atoms with Crippen molar-refractivity contribution in [3.8, 4) is 0 Å². The number of benzene rings is 1. The number of hydrogen-bond acceptors (Lipinski definition) is 6. The number of aliphatic hydroxyl groups is 1. The molecule has 8 nitrogen and oxygen atoms in total. The first-order valence-electron chi connectivity index (χ1n) is 6.27. The van der Waals surface area contributed by atoms with Crippen molar-refractivity contribution in [3.05, 3.63) is 30.3 Å². The van der Waals surface area contributed by atoms with E-state index >= 15 is 0 Å². The Balaban J connectivity index is 2.27. The first-order chi connectivity index (χ1) is 9.80. The molecule has 0 bridgehead atoms. The molecule has 0 saturated heterocycles. The zero-order valence-corrected chi connectivity index (χ0v) is 12.5. The molecule has 1 rings (SSSR count). The molecule has 118 valence electrons. The molecule has 0 aliphatic heterocycles. The minimum Gasteiger partial charge on any atom is -0.382 e. The van der Waals surface area contributed by atoms with Gasteiger partial charge in [0.05, 0.1) is 6.54 Å². The third kappa shape index (κ3) is 6.70. The third-order valence-electron chi connectivity index (χ3n) is 2.65. The number of carbonyl (C=O) groups excluding carboxylic acids is 1. The summed E-state index contributed by atoms with van der Waals surface area (Å²) in [5.74, 6) is -2.07. The average molecular weight is 317 g/mol. The number of rotatable bonds is 8. The largest absolute Gasteiger partial charge is 0.382 e. The maximum absolute atomic E-state index is 11.6. The van der Waals surface area contributed by atoms with Gasteiger partial charge >= 0.3 is 0 Å². The van der Waals surface area contributed by atoms with E-state index in [4.69, 9.17) is 4.89 Å². The fourth-order valence-electron chi connectivity index (χ4n) is 1.38. The normalized spacial score (nSPS) is 15.0. The molecule has 9 heteroatoms. The van der Waals surface area contributed by atoms with E-state index in [1.54, 1.807) is 12.1 Å². The van der Waals surface area contributed by atoms with Crippen molar-refractivity contribution in [1.82, 2.24) is 10.4 Å². The molecular formula is C12H20N3O5P. The van der Waals surface area contributed by atoms with Crippen LogP contribution in [0.15, 0.2) is 30.3 Å². The van der Waals surface area contributed by atoms with E-state index in [0.29, 0.717) is 5.06 Å². The SMILES string of the molecule is CP(=O)(O)C(O)CNCC(=O)N(O)CNc1ccccc1. The van der Waals surface area contributed by atoms with Gasteiger partial charge in [0, 0.05) is 18.9 Å². The van der Waals surface area contributed by atoms with Crippen molar-refractivity contribution in [2.24, 2.45) is 0 Å². The zero-order valence-electron chi connectivity index (χ0n) is 11.6. The second kappa shape index (κ2) is 8.11. The van der Waals surface area contributed by atoms with Crippen molar-refractivity contribution in [2.75, 3.05) is 31.7 Å². The molecule has 0 radical (unpaired) electrons. The lowest BCUT2D eigenvalue weighted by Crippen LogP contribution is -2.40. The van der Waals surface area contributed by atoms with E-state index in [1.165, 1.54) is 0 Å². The minimum atomic E-state index is -3.60. The smallest absolute Gasteiger partial charge is 0.261 e. The fraction of sp³-hybridized carbons (Fsp3) is 0.417. The van der Waals surface area contributed by atoms with Gasteiger partial charge in [-0.2, -0.15) is 0 Å². The van der Waals surface area contributed by atoms with Crippen LogP contribution in [0.2, 0.25) is 0 Å². The second-order valence-corrected chi connectivity index (χ2v) is 7.03. The number of amides is 1. The Morgan fingerprint density at radius 3 is 2.57 bits per heavy atom. The van der Waals surface area contributed by atoms with Crippen LogP contribution in [0.3, 0.4) is 0 Å². The lowest BCUT2D eigenvalue weighted by molar-refractivity contribution is -0.162. The van der Waals surface area contributed by atoms with Gasteiger partial charge in [-0.3, -0.25) is 14.6 Å². The van der Waals surface area contributed by atoms with Gasteiger partial charge in [0.1, 0.15) is 12.5 Å². The van der Waals surface area contributed by atoms with Crippen LogP contribution in [0.1, 0.15) is 0 Å². The van der Waals surface area contributed by atoms with Crippen molar-refractivity contribution in [3.63, 3.8) is 0 Å². The van der Waals surface area contributed by atoms with Gasteiger partial charge < -0.3 is 20.6 Å². The van der Waals surface area contributed by atoms with Gasteiger partial charge in [0.15, 0.2) is 0 Å². The summed E-state index contributed by atoms with van der Waals surface area (Å²) >= 11 is 0. The first-order valence-corrected chi connectivity index (χ1v) is 8.45. The van der Waals surface area contributed by atoms with Crippen molar-refractivity contribution in [1.29, 1.82) is 0 Å². The summed E-state index contributed by atoms with van der Waals surface area (Å²) in [4.78, 5) is 20.6. The lowest BCUT2D eigenvalue weighted by atomic mass is 10.3. The molecule has 0 aromatic heterocycles. The third-order valence-corrected chi connectivity index (χ3v) is 3.94. The van der Waals surface area contributed by atoms with Crippen molar-refractivity contribution < 1.29 is 24.6 Å². The van der Waals surface area contributed by atoms with Gasteiger partial charge in [0.25, 0.3) is 5.91 Å². The van der Waals surface area contributed by atoms with Gasteiger partial charge in [-0.25, -0.2) is 5.06 Å². The van der Waals surface area contributed by atoms with Crippen LogP contribution >= 0.6 is 7.37 Å². The highest BCUT2D eigenvalue weighted by molar-refractivity contribution is 7.57. The van der Waals surface area contributed by atoms with Crippen molar-refractivity contribution >= 4 is 19.0 Å². The van der Waals surface area contributed by atoms with Crippen molar-refractivity contribution in [2.45, 2.75) is 5.85 Å². The highest BCUT2D eigenvalue weighted by Gasteiger charge is 2.22. The summed E-state index contributed by atoms with van der Waals surface area (Å²) in [6, 6.07) is 9.04. The molecular weight excluding hydrogens is 297 g/mol. The topological polar surface area (TPSA) is 122 Å². The Kier molecular flexibility index (Phi) is 6.80. The van der Waals surface area contributed by atoms with Crippen LogP contribution in [-0.4, -0.2) is 58.4 Å². The number of carbonyl (C=O) groups is 1. The van der Waals surface area contributed by atoms with Crippen LogP contribution in [0.5, 0.6) is 0 Å². The predicted molar refractivity (Wildman–Crippen MR) is 78.2 cm³/mol. The summed E-state index contributed by atoms with van der Waals surface area (Å²) in [7, 11) is -3.60. The zero-order chi connectivity index (χ0) is 15.9. The Morgan fingerprint density at radius 2 is 2.00 bits per heavy atom. The molecule has 5 N–H and O–H groups in total. The standard InChI is InChI=1S/C12H20N3O5P/c1-21(19,20)12(17)8-13-7-11(16)15(18)9-14-10-5-3-2-4-6-10/h2-6,12-14,17-18H,7-9H2,1H3,(H,19,20). The Bertz CT molecular complexity index is 493. The monoisotopic (exact) mass is 317 g/mol. The first kappa shape index (κ1) is 17.6. The van der Waals surface area contributed by atoms with E-state index in [2.05, 4.69) is 10.6 Å².